The monoisotopic (exact) mass is 410 g/mol. The minimum Gasteiger partial charge on any atom is -0.461 e. The average molecular weight is 410 g/mol. The van der Waals surface area contributed by atoms with Crippen molar-refractivity contribution in [1.82, 2.24) is 0 Å². The van der Waals surface area contributed by atoms with E-state index in [9.17, 15) is 14.4 Å². The molecule has 0 aliphatic carbocycles. The normalized spacial score (nSPS) is 12.3. The lowest BCUT2D eigenvalue weighted by Crippen LogP contribution is -2.34. The number of hydrogen-bond donors (Lipinski definition) is 0. The third-order valence-electron chi connectivity index (χ3n) is 4.36. The lowest BCUT2D eigenvalue weighted by molar-refractivity contribution is -0.165. The highest BCUT2D eigenvalue weighted by atomic mass is 16.6. The Morgan fingerprint density at radius 3 is 1.87 bits per heavy atom. The smallest absolute Gasteiger partial charge is 0.333 e. The summed E-state index contributed by atoms with van der Waals surface area (Å²) in [4.78, 5) is 36.9. The van der Waals surface area contributed by atoms with E-state index in [1.807, 2.05) is 60.7 Å². The molecule has 0 bridgehead atoms. The Kier molecular flexibility index (Phi) is 8.81. The molecule has 0 spiro atoms. The summed E-state index contributed by atoms with van der Waals surface area (Å²) in [6.45, 7) is 6.72. The summed E-state index contributed by atoms with van der Waals surface area (Å²) < 4.78 is 15.9. The van der Waals surface area contributed by atoms with E-state index < -0.39 is 29.9 Å². The first kappa shape index (κ1) is 22.9. The number of rotatable bonds is 10. The Morgan fingerprint density at radius 2 is 1.37 bits per heavy atom. The molecule has 2 aromatic rings. The van der Waals surface area contributed by atoms with Crippen LogP contribution < -0.4 is 0 Å². The molecule has 0 aromatic heterocycles. The fourth-order valence-corrected chi connectivity index (χ4v) is 2.60. The van der Waals surface area contributed by atoms with Crippen LogP contribution in [0.5, 0.6) is 0 Å². The number of esters is 3. The molecule has 0 saturated carbocycles. The van der Waals surface area contributed by atoms with Crippen LogP contribution in [0.4, 0.5) is 0 Å². The molecule has 6 nitrogen and oxygen atoms in total. The highest BCUT2D eigenvalue weighted by Crippen LogP contribution is 2.18. The van der Waals surface area contributed by atoms with Gasteiger partial charge in [-0.1, -0.05) is 67.2 Å². The third-order valence-corrected chi connectivity index (χ3v) is 4.36. The molecule has 158 valence electrons. The van der Waals surface area contributed by atoms with Crippen LogP contribution in [-0.2, 0) is 41.8 Å². The number of ether oxygens (including phenoxy) is 3. The summed E-state index contributed by atoms with van der Waals surface area (Å²) in [7, 11) is 0. The number of hydrogen-bond acceptors (Lipinski definition) is 6. The number of carbonyl (C=O) groups is 3. The maximum absolute atomic E-state index is 12.7. The minimum absolute atomic E-state index is 0.0520. The first-order valence-corrected chi connectivity index (χ1v) is 9.63. The van der Waals surface area contributed by atoms with Gasteiger partial charge in [0.1, 0.15) is 25.2 Å². The van der Waals surface area contributed by atoms with E-state index in [1.54, 1.807) is 6.92 Å². The molecule has 30 heavy (non-hydrogen) atoms. The summed E-state index contributed by atoms with van der Waals surface area (Å²) in [5.41, 5.74) is 1.84. The van der Waals surface area contributed by atoms with Crippen LogP contribution in [0, 0.1) is 5.92 Å². The lowest BCUT2D eigenvalue weighted by atomic mass is 9.99. The largest absolute Gasteiger partial charge is 0.461 e. The quantitative estimate of drug-likeness (QED) is 0.335. The maximum atomic E-state index is 12.7. The fraction of sp³-hybridized carbons (Fsp3) is 0.292. The van der Waals surface area contributed by atoms with Crippen LogP contribution in [0.15, 0.2) is 72.8 Å². The van der Waals surface area contributed by atoms with Gasteiger partial charge in [-0.15, -0.1) is 0 Å². The summed E-state index contributed by atoms with van der Waals surface area (Å²) in [6.07, 6.45) is -1.16. The van der Waals surface area contributed by atoms with E-state index in [-0.39, 0.29) is 25.2 Å². The Morgan fingerprint density at radius 1 is 0.867 bits per heavy atom. The van der Waals surface area contributed by atoms with Gasteiger partial charge in [-0.3, -0.25) is 9.59 Å². The Labute approximate surface area is 176 Å². The Bertz CT molecular complexity index is 860. The van der Waals surface area contributed by atoms with Gasteiger partial charge in [0.05, 0.1) is 6.42 Å². The SMILES string of the molecule is C=C(C)C(=O)OC(C)C(CC(=O)OCc1ccccc1)C(=O)OCc1ccccc1. The first-order chi connectivity index (χ1) is 14.4. The minimum atomic E-state index is -1.000. The molecule has 0 radical (unpaired) electrons. The summed E-state index contributed by atoms with van der Waals surface area (Å²) in [5, 5.41) is 0. The van der Waals surface area contributed by atoms with E-state index in [0.717, 1.165) is 11.1 Å². The molecule has 0 amide bonds. The molecule has 0 aliphatic rings. The molecule has 2 aromatic carbocycles. The highest BCUT2D eigenvalue weighted by Gasteiger charge is 2.32. The standard InChI is InChI=1S/C24H26O6/c1-17(2)23(26)30-18(3)21(24(27)29-16-20-12-8-5-9-13-20)14-22(25)28-15-19-10-6-4-7-11-19/h4-13,18,21H,1,14-16H2,2-3H3. The van der Waals surface area contributed by atoms with Gasteiger partial charge in [0, 0.05) is 5.57 Å². The lowest BCUT2D eigenvalue weighted by Gasteiger charge is -2.22. The van der Waals surface area contributed by atoms with Crippen molar-refractivity contribution in [2.24, 2.45) is 5.92 Å². The van der Waals surface area contributed by atoms with Gasteiger partial charge in [-0.2, -0.15) is 0 Å². The second-order valence-corrected chi connectivity index (χ2v) is 6.94. The third kappa shape index (κ3) is 7.54. The Hall–Kier alpha value is -3.41. The van der Waals surface area contributed by atoms with Crippen molar-refractivity contribution in [2.75, 3.05) is 0 Å². The molecule has 0 heterocycles. The maximum Gasteiger partial charge on any atom is 0.333 e. The fourth-order valence-electron chi connectivity index (χ4n) is 2.60. The van der Waals surface area contributed by atoms with Crippen LogP contribution in [0.25, 0.3) is 0 Å². The summed E-state index contributed by atoms with van der Waals surface area (Å²) >= 11 is 0. The van der Waals surface area contributed by atoms with Gasteiger partial charge >= 0.3 is 17.9 Å². The van der Waals surface area contributed by atoms with Crippen molar-refractivity contribution < 1.29 is 28.6 Å². The predicted molar refractivity (Wildman–Crippen MR) is 111 cm³/mol. The second kappa shape index (κ2) is 11.6. The van der Waals surface area contributed by atoms with E-state index >= 15 is 0 Å². The molecule has 2 rings (SSSR count). The van der Waals surface area contributed by atoms with Gasteiger partial charge < -0.3 is 14.2 Å². The van der Waals surface area contributed by atoms with Crippen LogP contribution in [0.1, 0.15) is 31.4 Å². The van der Waals surface area contributed by atoms with Gasteiger partial charge in [0.2, 0.25) is 0 Å². The van der Waals surface area contributed by atoms with Gasteiger partial charge in [-0.25, -0.2) is 4.79 Å². The average Bonchev–Trinajstić information content (AvgIpc) is 2.75. The van der Waals surface area contributed by atoms with Gasteiger partial charge in [-0.05, 0) is 25.0 Å². The first-order valence-electron chi connectivity index (χ1n) is 9.63. The molecule has 0 saturated heterocycles. The van der Waals surface area contributed by atoms with Crippen molar-refractivity contribution in [3.63, 3.8) is 0 Å². The van der Waals surface area contributed by atoms with Gasteiger partial charge in [0.25, 0.3) is 0 Å². The highest BCUT2D eigenvalue weighted by molar-refractivity contribution is 5.87. The molecular weight excluding hydrogens is 384 g/mol. The summed E-state index contributed by atoms with van der Waals surface area (Å²) in [6, 6.07) is 18.4. The Balaban J connectivity index is 2.01. The summed E-state index contributed by atoms with van der Waals surface area (Å²) in [5.74, 6) is -2.86. The zero-order chi connectivity index (χ0) is 21.9. The van der Waals surface area contributed by atoms with Crippen molar-refractivity contribution >= 4 is 17.9 Å². The zero-order valence-electron chi connectivity index (χ0n) is 17.2. The number of benzene rings is 2. The zero-order valence-corrected chi connectivity index (χ0v) is 17.2. The van der Waals surface area contributed by atoms with E-state index in [4.69, 9.17) is 14.2 Å². The van der Waals surface area contributed by atoms with E-state index in [2.05, 4.69) is 6.58 Å². The predicted octanol–water partition coefficient (Wildman–Crippen LogP) is 3.99. The molecule has 0 aliphatic heterocycles. The van der Waals surface area contributed by atoms with E-state index in [0.29, 0.717) is 0 Å². The molecule has 2 unspecified atom stereocenters. The van der Waals surface area contributed by atoms with Crippen molar-refractivity contribution in [1.29, 1.82) is 0 Å². The van der Waals surface area contributed by atoms with E-state index in [1.165, 1.54) is 6.92 Å². The second-order valence-electron chi connectivity index (χ2n) is 6.94. The number of carbonyl (C=O) groups excluding carboxylic acids is 3. The molecule has 0 fully saturated rings. The molecular formula is C24H26O6. The molecule has 2 atom stereocenters. The van der Waals surface area contributed by atoms with Crippen LogP contribution >= 0.6 is 0 Å². The topological polar surface area (TPSA) is 78.9 Å². The van der Waals surface area contributed by atoms with Gasteiger partial charge in [0.15, 0.2) is 0 Å². The van der Waals surface area contributed by atoms with Crippen LogP contribution in [0.3, 0.4) is 0 Å². The van der Waals surface area contributed by atoms with Crippen molar-refractivity contribution in [3.8, 4) is 0 Å². The van der Waals surface area contributed by atoms with Crippen molar-refractivity contribution in [3.05, 3.63) is 83.9 Å². The van der Waals surface area contributed by atoms with Crippen LogP contribution in [-0.4, -0.2) is 24.0 Å². The van der Waals surface area contributed by atoms with Crippen molar-refractivity contribution in [2.45, 2.75) is 39.6 Å². The molecule has 0 N–H and O–H groups in total. The van der Waals surface area contributed by atoms with Crippen LogP contribution in [0.2, 0.25) is 0 Å². The molecule has 6 heteroatoms.